The highest BCUT2D eigenvalue weighted by Gasteiger charge is 2.12. The third-order valence-electron chi connectivity index (χ3n) is 5.79. The first-order valence-corrected chi connectivity index (χ1v) is 11.9. The van der Waals surface area contributed by atoms with Crippen molar-refractivity contribution in [2.45, 2.75) is 13.5 Å². The number of carboxylic acid groups (broad SMARTS) is 1. The molecule has 0 aliphatic rings. The van der Waals surface area contributed by atoms with Gasteiger partial charge in [-0.3, -0.25) is 0 Å². The SMILES string of the molecule is COc1cccc2c1cc(C)n2CCNc1cc(-c2ccc(-c3nc(C(=O)O)cs3)cc2)ncn1. The molecule has 0 aliphatic carbocycles. The molecule has 0 bridgehead atoms. The molecule has 8 nitrogen and oxygen atoms in total. The summed E-state index contributed by atoms with van der Waals surface area (Å²) in [6.45, 7) is 3.58. The number of carbonyl (C=O) groups is 1. The molecule has 0 amide bonds. The van der Waals surface area contributed by atoms with Gasteiger partial charge >= 0.3 is 5.97 Å². The lowest BCUT2D eigenvalue weighted by atomic mass is 10.1. The Hall–Kier alpha value is -4.24. The summed E-state index contributed by atoms with van der Waals surface area (Å²) in [5.41, 5.74) is 4.97. The molecule has 0 saturated heterocycles. The number of ether oxygens (including phenoxy) is 1. The maximum atomic E-state index is 11.1. The van der Waals surface area contributed by atoms with Crippen molar-refractivity contribution in [2.75, 3.05) is 19.0 Å². The molecule has 176 valence electrons. The smallest absolute Gasteiger partial charge is 0.355 e. The Bertz CT molecular complexity index is 1510. The molecule has 5 rings (SSSR count). The zero-order chi connectivity index (χ0) is 24.4. The van der Waals surface area contributed by atoms with Crippen LogP contribution in [0.3, 0.4) is 0 Å². The van der Waals surface area contributed by atoms with Gasteiger partial charge in [0.15, 0.2) is 5.69 Å². The fraction of sp³-hybridized carbons (Fsp3) is 0.154. The number of aryl methyl sites for hydroxylation is 1. The molecule has 0 saturated carbocycles. The Labute approximate surface area is 205 Å². The minimum absolute atomic E-state index is 0.0582. The Balaban J connectivity index is 1.28. The Morgan fingerprint density at radius 3 is 2.66 bits per heavy atom. The summed E-state index contributed by atoms with van der Waals surface area (Å²) in [7, 11) is 1.69. The van der Waals surface area contributed by atoms with Gasteiger partial charge in [-0.05, 0) is 25.1 Å². The molecule has 0 fully saturated rings. The number of aromatic carboxylic acids is 1. The summed E-state index contributed by atoms with van der Waals surface area (Å²) in [5.74, 6) is 0.600. The van der Waals surface area contributed by atoms with E-state index in [4.69, 9.17) is 9.84 Å². The number of carboxylic acids is 1. The number of methoxy groups -OCH3 is 1. The normalized spacial score (nSPS) is 11.0. The van der Waals surface area contributed by atoms with E-state index in [1.807, 2.05) is 42.5 Å². The molecular formula is C26H23N5O3S. The fourth-order valence-corrected chi connectivity index (χ4v) is 4.86. The first-order chi connectivity index (χ1) is 17.0. The molecule has 35 heavy (non-hydrogen) atoms. The Morgan fingerprint density at radius 1 is 1.11 bits per heavy atom. The highest BCUT2D eigenvalue weighted by Crippen LogP contribution is 2.29. The summed E-state index contributed by atoms with van der Waals surface area (Å²) >= 11 is 1.31. The number of thiazole rings is 1. The topological polar surface area (TPSA) is 102 Å². The second kappa shape index (κ2) is 9.55. The molecular weight excluding hydrogens is 462 g/mol. The molecule has 3 aromatic heterocycles. The molecule has 9 heteroatoms. The van der Waals surface area contributed by atoms with Crippen molar-refractivity contribution in [2.24, 2.45) is 0 Å². The van der Waals surface area contributed by atoms with Crippen LogP contribution in [0.25, 0.3) is 32.7 Å². The van der Waals surface area contributed by atoms with Crippen molar-refractivity contribution in [1.82, 2.24) is 19.5 Å². The average Bonchev–Trinajstić information content (AvgIpc) is 3.50. The molecule has 3 heterocycles. The van der Waals surface area contributed by atoms with Gasteiger partial charge in [0.2, 0.25) is 0 Å². The number of rotatable bonds is 8. The van der Waals surface area contributed by atoms with Crippen LogP contribution < -0.4 is 10.1 Å². The first-order valence-electron chi connectivity index (χ1n) is 11.0. The number of nitrogens with zero attached hydrogens (tertiary/aromatic N) is 4. The molecule has 0 atom stereocenters. The van der Waals surface area contributed by atoms with Crippen LogP contribution in [0.1, 0.15) is 16.2 Å². The second-order valence-electron chi connectivity index (χ2n) is 7.97. The van der Waals surface area contributed by atoms with E-state index in [1.165, 1.54) is 17.0 Å². The van der Waals surface area contributed by atoms with E-state index in [1.54, 1.807) is 18.8 Å². The highest BCUT2D eigenvalue weighted by molar-refractivity contribution is 7.13. The van der Waals surface area contributed by atoms with Crippen LogP contribution in [0.5, 0.6) is 5.75 Å². The van der Waals surface area contributed by atoms with Crippen molar-refractivity contribution in [3.63, 3.8) is 0 Å². The number of aromatic nitrogens is 4. The van der Waals surface area contributed by atoms with Crippen LogP contribution >= 0.6 is 11.3 Å². The molecule has 0 radical (unpaired) electrons. The summed E-state index contributed by atoms with van der Waals surface area (Å²) in [5, 5.41) is 15.8. The third-order valence-corrected chi connectivity index (χ3v) is 6.68. The van der Waals surface area contributed by atoms with Crippen LogP contribution in [0.2, 0.25) is 0 Å². The molecule has 0 spiro atoms. The summed E-state index contributed by atoms with van der Waals surface area (Å²) < 4.78 is 7.76. The van der Waals surface area contributed by atoms with Crippen molar-refractivity contribution in [3.05, 3.63) is 77.7 Å². The number of nitrogens with one attached hydrogen (secondary N) is 1. The first kappa shape index (κ1) is 22.5. The molecule has 0 unspecified atom stereocenters. The van der Waals surface area contributed by atoms with Crippen LogP contribution in [-0.4, -0.2) is 44.2 Å². The van der Waals surface area contributed by atoms with Gasteiger partial charge in [-0.25, -0.2) is 19.7 Å². The fourth-order valence-electron chi connectivity index (χ4n) is 4.06. The lowest BCUT2D eigenvalue weighted by Gasteiger charge is -2.11. The van der Waals surface area contributed by atoms with Gasteiger partial charge in [0, 0.05) is 46.7 Å². The van der Waals surface area contributed by atoms with Crippen LogP contribution in [0.15, 0.2) is 66.3 Å². The predicted octanol–water partition coefficient (Wildman–Crippen LogP) is 5.35. The third kappa shape index (κ3) is 4.58. The largest absolute Gasteiger partial charge is 0.496 e. The number of anilines is 1. The van der Waals surface area contributed by atoms with Gasteiger partial charge in [0.1, 0.15) is 22.9 Å². The molecule has 0 aliphatic heterocycles. The highest BCUT2D eigenvalue weighted by atomic mass is 32.1. The zero-order valence-corrected chi connectivity index (χ0v) is 20.0. The summed E-state index contributed by atoms with van der Waals surface area (Å²) in [4.78, 5) is 24.0. The minimum Gasteiger partial charge on any atom is -0.496 e. The second-order valence-corrected chi connectivity index (χ2v) is 8.82. The van der Waals surface area contributed by atoms with Crippen molar-refractivity contribution in [3.8, 4) is 27.6 Å². The number of benzene rings is 2. The maximum Gasteiger partial charge on any atom is 0.355 e. The van der Waals surface area contributed by atoms with E-state index in [9.17, 15) is 4.79 Å². The van der Waals surface area contributed by atoms with E-state index in [0.717, 1.165) is 45.8 Å². The van der Waals surface area contributed by atoms with Crippen LogP contribution in [0.4, 0.5) is 5.82 Å². The van der Waals surface area contributed by atoms with E-state index < -0.39 is 5.97 Å². The number of fused-ring (bicyclic) bond motifs is 1. The van der Waals surface area contributed by atoms with Gasteiger partial charge < -0.3 is 19.7 Å². The standard InChI is InChI=1S/C26H23N5O3S/c1-16-12-19-22(4-3-5-23(19)34-2)31(16)11-10-27-24-13-20(28-15-29-24)17-6-8-18(9-7-17)25-30-21(14-35-25)26(32)33/h3-9,12-15H,10-11H2,1-2H3,(H,32,33)(H,27,28,29). The zero-order valence-electron chi connectivity index (χ0n) is 19.2. The van der Waals surface area contributed by atoms with Crippen molar-refractivity contribution in [1.29, 1.82) is 0 Å². The number of hydrogen-bond acceptors (Lipinski definition) is 7. The summed E-state index contributed by atoms with van der Waals surface area (Å²) in [6.07, 6.45) is 1.55. The molecule has 2 aromatic carbocycles. The summed E-state index contributed by atoms with van der Waals surface area (Å²) in [6, 6.07) is 17.9. The molecule has 2 N–H and O–H groups in total. The van der Waals surface area contributed by atoms with E-state index in [0.29, 0.717) is 11.6 Å². The maximum absolute atomic E-state index is 11.1. The van der Waals surface area contributed by atoms with Gasteiger partial charge in [-0.2, -0.15) is 0 Å². The van der Waals surface area contributed by atoms with Gasteiger partial charge in [-0.15, -0.1) is 11.3 Å². The Kier molecular flexibility index (Phi) is 6.15. The van der Waals surface area contributed by atoms with Crippen LogP contribution in [-0.2, 0) is 6.54 Å². The average molecular weight is 486 g/mol. The quantitative estimate of drug-likeness (QED) is 0.305. The molecule has 5 aromatic rings. The lowest BCUT2D eigenvalue weighted by molar-refractivity contribution is 0.0691. The van der Waals surface area contributed by atoms with Gasteiger partial charge in [0.25, 0.3) is 0 Å². The Morgan fingerprint density at radius 2 is 1.91 bits per heavy atom. The van der Waals surface area contributed by atoms with Crippen molar-refractivity contribution < 1.29 is 14.6 Å². The van der Waals surface area contributed by atoms with Crippen molar-refractivity contribution >= 4 is 34.0 Å². The minimum atomic E-state index is -1.02. The number of hydrogen-bond donors (Lipinski definition) is 2. The lowest BCUT2D eigenvalue weighted by Crippen LogP contribution is -2.12. The monoisotopic (exact) mass is 485 g/mol. The van der Waals surface area contributed by atoms with Gasteiger partial charge in [-0.1, -0.05) is 30.3 Å². The van der Waals surface area contributed by atoms with E-state index >= 15 is 0 Å². The van der Waals surface area contributed by atoms with E-state index in [-0.39, 0.29) is 5.69 Å². The predicted molar refractivity (Wildman–Crippen MR) is 137 cm³/mol. The van der Waals surface area contributed by atoms with Crippen LogP contribution in [0, 0.1) is 6.92 Å². The van der Waals surface area contributed by atoms with E-state index in [2.05, 4.69) is 43.9 Å². The van der Waals surface area contributed by atoms with Gasteiger partial charge in [0.05, 0.1) is 18.3 Å².